The molecule has 0 aromatic carbocycles. The first-order valence-corrected chi connectivity index (χ1v) is 25.5. The smallest absolute Gasteiger partial charge is 0.306 e. The molecular weight excluding hydrogens is 757 g/mol. The van der Waals surface area contributed by atoms with Crippen LogP contribution in [0.15, 0.2) is 72.9 Å². The van der Waals surface area contributed by atoms with E-state index < -0.39 is 6.10 Å². The minimum atomic E-state index is -0.808. The predicted molar refractivity (Wildman–Crippen MR) is 261 cm³/mol. The maximum absolute atomic E-state index is 12.8. The van der Waals surface area contributed by atoms with Crippen LogP contribution in [0, 0.1) is 0 Å². The van der Waals surface area contributed by atoms with Gasteiger partial charge in [-0.05, 0) is 89.9 Å². The average molecular weight is 851 g/mol. The third-order valence-corrected chi connectivity index (χ3v) is 10.7. The minimum absolute atomic E-state index is 0.104. The molecule has 350 valence electrons. The molecule has 0 aliphatic carbocycles. The lowest BCUT2D eigenvalue weighted by atomic mass is 10.1. The van der Waals surface area contributed by atoms with E-state index in [1.54, 1.807) is 0 Å². The molecule has 1 atom stereocenters. The molecule has 0 radical (unpaired) electrons. The maximum atomic E-state index is 12.8. The fraction of sp³-hybridized carbons (Fsp3) is 0.727. The normalized spacial score (nSPS) is 12.6. The van der Waals surface area contributed by atoms with Crippen LogP contribution in [0.1, 0.15) is 239 Å². The van der Waals surface area contributed by atoms with Gasteiger partial charge in [-0.1, -0.05) is 203 Å². The zero-order valence-corrected chi connectivity index (χ0v) is 39.9. The second kappa shape index (κ2) is 49.5. The van der Waals surface area contributed by atoms with Crippen molar-refractivity contribution < 1.29 is 28.6 Å². The molecule has 0 heterocycles. The molecule has 0 aliphatic heterocycles. The van der Waals surface area contributed by atoms with Gasteiger partial charge < -0.3 is 14.2 Å². The van der Waals surface area contributed by atoms with Crippen LogP contribution < -0.4 is 0 Å². The van der Waals surface area contributed by atoms with Crippen molar-refractivity contribution in [1.29, 1.82) is 0 Å². The molecule has 0 saturated carbocycles. The summed E-state index contributed by atoms with van der Waals surface area (Å²) in [5.41, 5.74) is 0. The molecule has 0 rings (SSSR count). The number of ether oxygens (including phenoxy) is 3. The molecule has 6 nitrogen and oxygen atoms in total. The molecule has 6 heteroatoms. The predicted octanol–water partition coefficient (Wildman–Crippen LogP) is 16.6. The number of allylic oxidation sites excluding steroid dienone is 12. The number of hydrogen-bond donors (Lipinski definition) is 0. The summed E-state index contributed by atoms with van der Waals surface area (Å²) in [5, 5.41) is 0. The molecule has 0 spiro atoms. The van der Waals surface area contributed by atoms with Crippen molar-refractivity contribution in [3.8, 4) is 0 Å². The summed E-state index contributed by atoms with van der Waals surface area (Å²) in [7, 11) is 0. The summed E-state index contributed by atoms with van der Waals surface area (Å²) in [6.45, 7) is 6.49. The first-order valence-electron chi connectivity index (χ1n) is 25.5. The van der Waals surface area contributed by atoms with E-state index in [0.717, 1.165) is 70.6 Å². The number of hydrogen-bond acceptors (Lipinski definition) is 6. The Labute approximate surface area is 376 Å². The van der Waals surface area contributed by atoms with Gasteiger partial charge in [0.15, 0.2) is 6.10 Å². The molecule has 0 aromatic heterocycles. The van der Waals surface area contributed by atoms with E-state index >= 15 is 0 Å². The molecule has 0 aromatic rings. The van der Waals surface area contributed by atoms with E-state index in [1.807, 2.05) is 6.08 Å². The van der Waals surface area contributed by atoms with Crippen LogP contribution >= 0.6 is 0 Å². The lowest BCUT2D eigenvalue weighted by Gasteiger charge is -2.18. The molecule has 61 heavy (non-hydrogen) atoms. The van der Waals surface area contributed by atoms with Crippen LogP contribution in [0.2, 0.25) is 0 Å². The topological polar surface area (TPSA) is 78.9 Å². The van der Waals surface area contributed by atoms with Crippen LogP contribution in [0.25, 0.3) is 0 Å². The number of carbonyl (C=O) groups excluding carboxylic acids is 3. The minimum Gasteiger partial charge on any atom is -0.462 e. The average Bonchev–Trinajstić information content (AvgIpc) is 3.26. The second-order valence-electron chi connectivity index (χ2n) is 16.8. The highest BCUT2D eigenvalue weighted by Gasteiger charge is 2.19. The molecule has 0 N–H and O–H groups in total. The maximum Gasteiger partial charge on any atom is 0.306 e. The molecule has 0 amide bonds. The Bertz CT molecular complexity index is 1160. The van der Waals surface area contributed by atoms with Gasteiger partial charge in [-0.2, -0.15) is 0 Å². The van der Waals surface area contributed by atoms with Crippen LogP contribution in [0.5, 0.6) is 0 Å². The first-order chi connectivity index (χ1) is 30.0. The van der Waals surface area contributed by atoms with Crippen molar-refractivity contribution in [3.05, 3.63) is 72.9 Å². The molecule has 0 fully saturated rings. The third kappa shape index (κ3) is 47.7. The van der Waals surface area contributed by atoms with Gasteiger partial charge in [0.05, 0.1) is 0 Å². The lowest BCUT2D eigenvalue weighted by Crippen LogP contribution is -2.30. The van der Waals surface area contributed by atoms with Crippen LogP contribution in [-0.2, 0) is 28.6 Å². The Morgan fingerprint density at radius 3 is 1.13 bits per heavy atom. The van der Waals surface area contributed by atoms with Crippen molar-refractivity contribution in [3.63, 3.8) is 0 Å². The summed E-state index contributed by atoms with van der Waals surface area (Å²) in [5.74, 6) is -0.997. The third-order valence-electron chi connectivity index (χ3n) is 10.7. The van der Waals surface area contributed by atoms with Crippen molar-refractivity contribution in [1.82, 2.24) is 0 Å². The van der Waals surface area contributed by atoms with Gasteiger partial charge in [0.1, 0.15) is 13.2 Å². The van der Waals surface area contributed by atoms with Crippen molar-refractivity contribution >= 4 is 17.9 Å². The number of unbranched alkanes of at least 4 members (excludes halogenated alkanes) is 24. The first kappa shape index (κ1) is 57.9. The van der Waals surface area contributed by atoms with E-state index in [-0.39, 0.29) is 37.5 Å². The molecule has 1 unspecified atom stereocenters. The van der Waals surface area contributed by atoms with Crippen LogP contribution in [-0.4, -0.2) is 37.2 Å². The van der Waals surface area contributed by atoms with Gasteiger partial charge in [-0.15, -0.1) is 0 Å². The van der Waals surface area contributed by atoms with Crippen LogP contribution in [0.3, 0.4) is 0 Å². The standard InChI is InChI=1S/C55H94O6/c1-4-7-10-13-16-19-22-25-27-30-33-36-39-42-45-48-54(57)60-51-52(50-59-53(56)47-44-41-38-35-32-29-24-21-18-15-12-9-6-3)61-55(58)49-46-43-40-37-34-31-28-26-23-20-17-14-11-8-5-2/h16-17,19-20,22-23,25-26,29,32,38,41,52H,4-15,18,21,24,27-28,30-31,33-37,39-40,42-51H2,1-3H3/b19-16-,20-17-,25-22-,26-23-,32-29-,41-38-. The highest BCUT2D eigenvalue weighted by atomic mass is 16.6. The molecule has 0 saturated heterocycles. The number of esters is 3. The van der Waals surface area contributed by atoms with E-state index in [2.05, 4.69) is 87.6 Å². The van der Waals surface area contributed by atoms with Gasteiger partial charge in [0, 0.05) is 19.3 Å². The largest absolute Gasteiger partial charge is 0.462 e. The fourth-order valence-corrected chi connectivity index (χ4v) is 6.83. The van der Waals surface area contributed by atoms with Crippen molar-refractivity contribution in [2.45, 2.75) is 245 Å². The van der Waals surface area contributed by atoms with Gasteiger partial charge >= 0.3 is 17.9 Å². The van der Waals surface area contributed by atoms with Crippen LogP contribution in [0.4, 0.5) is 0 Å². The zero-order valence-electron chi connectivity index (χ0n) is 39.9. The Balaban J connectivity index is 4.49. The Kier molecular flexibility index (Phi) is 46.9. The monoisotopic (exact) mass is 851 g/mol. The van der Waals surface area contributed by atoms with Gasteiger partial charge in [-0.3, -0.25) is 14.4 Å². The quantitative estimate of drug-likeness (QED) is 0.0200. The summed E-state index contributed by atoms with van der Waals surface area (Å²) in [6.07, 6.45) is 61.7. The fourth-order valence-electron chi connectivity index (χ4n) is 6.83. The van der Waals surface area contributed by atoms with E-state index in [1.165, 1.54) is 122 Å². The Hall–Kier alpha value is -3.15. The van der Waals surface area contributed by atoms with Gasteiger partial charge in [0.2, 0.25) is 0 Å². The lowest BCUT2D eigenvalue weighted by molar-refractivity contribution is -0.166. The second-order valence-corrected chi connectivity index (χ2v) is 16.8. The van der Waals surface area contributed by atoms with Gasteiger partial charge in [-0.25, -0.2) is 0 Å². The van der Waals surface area contributed by atoms with Crippen molar-refractivity contribution in [2.24, 2.45) is 0 Å². The zero-order chi connectivity index (χ0) is 44.4. The van der Waals surface area contributed by atoms with E-state index in [0.29, 0.717) is 19.3 Å². The highest BCUT2D eigenvalue weighted by molar-refractivity contribution is 5.71. The van der Waals surface area contributed by atoms with Crippen molar-refractivity contribution in [2.75, 3.05) is 13.2 Å². The molecule has 0 aliphatic rings. The summed E-state index contributed by atoms with van der Waals surface area (Å²) >= 11 is 0. The molecule has 0 bridgehead atoms. The SMILES string of the molecule is CCCCC/C=C\C=C/CCCCCCCCC(=O)OCC(COC(=O)CC/C=C\C/C=C\CCCCCCCC)OC(=O)CCCCCCCC/C=C\C=C/CCCCC. The van der Waals surface area contributed by atoms with Gasteiger partial charge in [0.25, 0.3) is 0 Å². The Morgan fingerprint density at radius 2 is 0.672 bits per heavy atom. The number of rotatable bonds is 45. The summed E-state index contributed by atoms with van der Waals surface area (Å²) < 4.78 is 16.7. The van der Waals surface area contributed by atoms with E-state index in [4.69, 9.17) is 14.2 Å². The number of carbonyl (C=O) groups is 3. The highest BCUT2D eigenvalue weighted by Crippen LogP contribution is 2.13. The van der Waals surface area contributed by atoms with E-state index in [9.17, 15) is 14.4 Å². The Morgan fingerprint density at radius 1 is 0.344 bits per heavy atom. The summed E-state index contributed by atoms with van der Waals surface area (Å²) in [4.78, 5) is 37.9. The molecular formula is C55H94O6. The summed E-state index contributed by atoms with van der Waals surface area (Å²) in [6, 6.07) is 0.